The molecule has 2 aliphatic heterocycles. The Hall–Kier alpha value is -1.92. The second-order valence-corrected chi connectivity index (χ2v) is 9.35. The number of thiazole rings is 1. The summed E-state index contributed by atoms with van der Waals surface area (Å²) in [6, 6.07) is 10.8. The lowest BCUT2D eigenvalue weighted by Crippen LogP contribution is -2.36. The predicted molar refractivity (Wildman–Crippen MR) is 108 cm³/mol. The first-order valence-electron chi connectivity index (χ1n) is 10.0. The van der Waals surface area contributed by atoms with Gasteiger partial charge in [-0.3, -0.25) is 5.32 Å². The Labute approximate surface area is 164 Å². The lowest BCUT2D eigenvalue weighted by atomic mass is 9.85. The number of urea groups is 1. The molecule has 1 aliphatic carbocycles. The molecule has 3 aliphatic rings. The maximum atomic E-state index is 12.7. The summed E-state index contributed by atoms with van der Waals surface area (Å²) in [4.78, 5) is 20.8. The van der Waals surface area contributed by atoms with Gasteiger partial charge in [-0.05, 0) is 50.1 Å². The summed E-state index contributed by atoms with van der Waals surface area (Å²) >= 11 is 1.66. The lowest BCUT2D eigenvalue weighted by molar-refractivity contribution is 0.215. The minimum Gasteiger partial charge on any atom is -0.324 e. The molecule has 6 heteroatoms. The third-order valence-electron chi connectivity index (χ3n) is 6.48. The highest BCUT2D eigenvalue weighted by Gasteiger charge is 2.42. The summed E-state index contributed by atoms with van der Waals surface area (Å²) in [6.07, 6.45) is 5.46. The molecule has 2 amide bonds. The van der Waals surface area contributed by atoms with E-state index in [0.717, 1.165) is 57.0 Å². The number of nitrogens with one attached hydrogen (secondary N) is 2. The van der Waals surface area contributed by atoms with Crippen LogP contribution >= 0.6 is 11.3 Å². The summed E-state index contributed by atoms with van der Waals surface area (Å²) < 4.78 is 0. The molecule has 5 rings (SSSR count). The van der Waals surface area contributed by atoms with E-state index >= 15 is 0 Å². The van der Waals surface area contributed by atoms with Crippen molar-refractivity contribution in [2.24, 2.45) is 5.41 Å². The summed E-state index contributed by atoms with van der Waals surface area (Å²) in [5, 5.41) is 7.29. The maximum absolute atomic E-state index is 12.7. The number of aryl methyl sites for hydroxylation is 1. The number of nitrogens with zero attached hydrogens (tertiary/aromatic N) is 2. The van der Waals surface area contributed by atoms with Crippen LogP contribution < -0.4 is 10.6 Å². The van der Waals surface area contributed by atoms with Crippen molar-refractivity contribution in [2.75, 3.05) is 31.5 Å². The van der Waals surface area contributed by atoms with E-state index in [0.29, 0.717) is 11.3 Å². The molecule has 0 saturated carbocycles. The van der Waals surface area contributed by atoms with Gasteiger partial charge in [0.15, 0.2) is 5.13 Å². The van der Waals surface area contributed by atoms with Gasteiger partial charge in [0.1, 0.15) is 0 Å². The number of likely N-dealkylation sites (tertiary alicyclic amines) is 1. The van der Waals surface area contributed by atoms with Gasteiger partial charge < -0.3 is 10.2 Å². The number of benzene rings is 1. The molecular formula is C21H26N4OS. The fraction of sp³-hybridized carbons (Fsp3) is 0.524. The average molecular weight is 383 g/mol. The van der Waals surface area contributed by atoms with E-state index < -0.39 is 0 Å². The SMILES string of the molecule is O=C(Nc1nc2c(s1)CC(c1ccccc1)CC2)N1CCC2(CCNC2)C1. The summed E-state index contributed by atoms with van der Waals surface area (Å²) in [7, 11) is 0. The minimum absolute atomic E-state index is 0.0180. The Bertz CT molecular complexity index is 828. The molecule has 3 heterocycles. The van der Waals surface area contributed by atoms with Gasteiger partial charge in [-0.15, -0.1) is 11.3 Å². The molecular weight excluding hydrogens is 356 g/mol. The fourth-order valence-electron chi connectivity index (χ4n) is 4.86. The van der Waals surface area contributed by atoms with Crippen LogP contribution in [0.25, 0.3) is 0 Å². The minimum atomic E-state index is 0.0180. The van der Waals surface area contributed by atoms with Crippen LogP contribution in [-0.2, 0) is 12.8 Å². The summed E-state index contributed by atoms with van der Waals surface area (Å²) in [5.74, 6) is 0.566. The first-order valence-corrected chi connectivity index (χ1v) is 10.8. The van der Waals surface area contributed by atoms with Gasteiger partial charge in [-0.25, -0.2) is 9.78 Å². The number of anilines is 1. The number of rotatable bonds is 2. The Balaban J connectivity index is 1.24. The summed E-state index contributed by atoms with van der Waals surface area (Å²) in [5.41, 5.74) is 2.90. The normalized spacial score (nSPS) is 27.1. The van der Waals surface area contributed by atoms with Crippen LogP contribution in [0.1, 0.15) is 41.3 Å². The van der Waals surface area contributed by atoms with Crippen LogP contribution in [0, 0.1) is 5.41 Å². The molecule has 1 aromatic heterocycles. The van der Waals surface area contributed by atoms with Gasteiger partial charge >= 0.3 is 6.03 Å². The lowest BCUT2D eigenvalue weighted by Gasteiger charge is -2.22. The van der Waals surface area contributed by atoms with Crippen molar-refractivity contribution in [1.82, 2.24) is 15.2 Å². The molecule has 1 aromatic carbocycles. The van der Waals surface area contributed by atoms with Gasteiger partial charge in [-0.2, -0.15) is 0 Å². The Morgan fingerprint density at radius 3 is 3.00 bits per heavy atom. The predicted octanol–water partition coefficient (Wildman–Crippen LogP) is 3.63. The van der Waals surface area contributed by atoms with E-state index in [1.54, 1.807) is 11.3 Å². The van der Waals surface area contributed by atoms with E-state index in [2.05, 4.69) is 41.0 Å². The number of fused-ring (bicyclic) bond motifs is 1. The number of hydrogen-bond acceptors (Lipinski definition) is 4. The van der Waals surface area contributed by atoms with E-state index in [9.17, 15) is 4.79 Å². The molecule has 2 saturated heterocycles. The molecule has 0 bridgehead atoms. The van der Waals surface area contributed by atoms with Gasteiger partial charge in [0, 0.05) is 29.9 Å². The Kier molecular flexibility index (Phi) is 4.40. The first kappa shape index (κ1) is 17.2. The first-order chi connectivity index (χ1) is 13.2. The van der Waals surface area contributed by atoms with E-state index in [4.69, 9.17) is 4.98 Å². The number of hydrogen-bond donors (Lipinski definition) is 2. The molecule has 2 N–H and O–H groups in total. The molecule has 2 fully saturated rings. The number of carbonyl (C=O) groups is 1. The van der Waals surface area contributed by atoms with Gasteiger partial charge in [0.2, 0.25) is 0 Å². The fourth-order valence-corrected chi connectivity index (χ4v) is 5.94. The molecule has 5 nitrogen and oxygen atoms in total. The van der Waals surface area contributed by atoms with Crippen LogP contribution in [-0.4, -0.2) is 42.1 Å². The smallest absolute Gasteiger partial charge is 0.323 e. The van der Waals surface area contributed by atoms with Crippen molar-refractivity contribution >= 4 is 22.5 Å². The van der Waals surface area contributed by atoms with Gasteiger partial charge in [0.25, 0.3) is 0 Å². The van der Waals surface area contributed by atoms with Gasteiger partial charge in [-0.1, -0.05) is 30.3 Å². The van der Waals surface area contributed by atoms with Crippen molar-refractivity contribution in [3.63, 3.8) is 0 Å². The molecule has 2 unspecified atom stereocenters. The Morgan fingerprint density at radius 2 is 2.19 bits per heavy atom. The molecule has 2 aromatic rings. The standard InChI is InChI=1S/C21H26N4OS/c26-20(25-11-9-21(14-25)8-10-22-13-21)24-19-23-17-7-6-16(12-18(17)27-19)15-4-2-1-3-5-15/h1-5,16,22H,6-14H2,(H,23,24,26). The van der Waals surface area contributed by atoms with Crippen molar-refractivity contribution in [3.8, 4) is 0 Å². The van der Waals surface area contributed by atoms with E-state index in [1.807, 2.05) is 4.90 Å². The van der Waals surface area contributed by atoms with Crippen molar-refractivity contribution in [3.05, 3.63) is 46.5 Å². The topological polar surface area (TPSA) is 57.3 Å². The zero-order valence-electron chi connectivity index (χ0n) is 15.5. The van der Waals surface area contributed by atoms with Crippen molar-refractivity contribution in [1.29, 1.82) is 0 Å². The highest BCUT2D eigenvalue weighted by molar-refractivity contribution is 7.15. The molecule has 2 atom stereocenters. The number of aromatic nitrogens is 1. The highest BCUT2D eigenvalue weighted by atomic mass is 32.1. The Morgan fingerprint density at radius 1 is 1.30 bits per heavy atom. The third kappa shape index (κ3) is 3.36. The second-order valence-electron chi connectivity index (χ2n) is 8.27. The van der Waals surface area contributed by atoms with E-state index in [-0.39, 0.29) is 6.03 Å². The van der Waals surface area contributed by atoms with E-state index in [1.165, 1.54) is 22.6 Å². The molecule has 1 spiro atoms. The van der Waals surface area contributed by atoms with Gasteiger partial charge in [0.05, 0.1) is 5.69 Å². The number of amides is 2. The molecule has 0 radical (unpaired) electrons. The number of carbonyl (C=O) groups excluding carboxylic acids is 1. The average Bonchev–Trinajstić information content (AvgIpc) is 3.42. The quantitative estimate of drug-likeness (QED) is 0.834. The van der Waals surface area contributed by atoms with Crippen LogP contribution in [0.2, 0.25) is 0 Å². The monoisotopic (exact) mass is 382 g/mol. The van der Waals surface area contributed by atoms with Crippen LogP contribution in [0.15, 0.2) is 30.3 Å². The zero-order chi connectivity index (χ0) is 18.3. The van der Waals surface area contributed by atoms with Crippen LogP contribution in [0.5, 0.6) is 0 Å². The van der Waals surface area contributed by atoms with Crippen molar-refractivity contribution in [2.45, 2.75) is 38.0 Å². The summed E-state index contributed by atoms with van der Waals surface area (Å²) in [6.45, 7) is 3.85. The van der Waals surface area contributed by atoms with Crippen molar-refractivity contribution < 1.29 is 4.79 Å². The third-order valence-corrected chi connectivity index (χ3v) is 7.52. The highest BCUT2D eigenvalue weighted by Crippen LogP contribution is 2.38. The van der Waals surface area contributed by atoms with Crippen LogP contribution in [0.3, 0.4) is 0 Å². The largest absolute Gasteiger partial charge is 0.324 e. The molecule has 142 valence electrons. The zero-order valence-corrected chi connectivity index (χ0v) is 16.4. The van der Waals surface area contributed by atoms with Crippen LogP contribution in [0.4, 0.5) is 9.93 Å². The molecule has 27 heavy (non-hydrogen) atoms. The second kappa shape index (κ2) is 6.91. The maximum Gasteiger partial charge on any atom is 0.323 e.